The molecule has 8 N–H and O–H groups in total. The van der Waals surface area contributed by atoms with Gasteiger partial charge in [-0.05, 0) is 66.7 Å². The SMILES string of the molecule is COC(=O)c1cc(F)c(F)cc1NC(=O)c1ccc(-c2cn[nH]n2)nn1.O=C(Nc1cc(Cl)c(F)cc1C(=O)O)c1ccc(-c2cn[nH]c2)nn1.O=C(Nc1cc(F)c(Cl)cc1C(=O)O)c1ccc(-c2cn[nH]c2)nn1. The molecule has 76 heavy (non-hydrogen) atoms. The summed E-state index contributed by atoms with van der Waals surface area (Å²) in [6, 6.07) is 13.6. The van der Waals surface area contributed by atoms with Crippen LogP contribution in [0.2, 0.25) is 10.0 Å². The molecule has 3 amide bonds. The van der Waals surface area contributed by atoms with Gasteiger partial charge in [0, 0.05) is 29.6 Å². The van der Waals surface area contributed by atoms with E-state index < -0.39 is 64.5 Å². The van der Waals surface area contributed by atoms with E-state index in [0.717, 1.165) is 31.4 Å². The van der Waals surface area contributed by atoms with Crippen LogP contribution in [-0.2, 0) is 4.74 Å². The minimum Gasteiger partial charge on any atom is -0.478 e. The Hall–Kier alpha value is -10.4. The summed E-state index contributed by atoms with van der Waals surface area (Å²) >= 11 is 11.2. The molecule has 6 heterocycles. The fourth-order valence-corrected chi connectivity index (χ4v) is 6.38. The van der Waals surface area contributed by atoms with Crippen molar-refractivity contribution in [1.82, 2.24) is 66.4 Å². The van der Waals surface area contributed by atoms with E-state index in [-0.39, 0.29) is 55.3 Å². The molecule has 0 atom stereocenters. The number of aromatic carboxylic acids is 2. The fraction of sp³-hybridized carbons (Fsp3) is 0.0222. The predicted octanol–water partition coefficient (Wildman–Crippen LogP) is 6.80. The van der Waals surface area contributed by atoms with Crippen LogP contribution in [-0.4, -0.2) is 119 Å². The molecule has 0 bridgehead atoms. The lowest BCUT2D eigenvalue weighted by molar-refractivity contribution is 0.0599. The molecule has 25 nitrogen and oxygen atoms in total. The molecular weight excluding hydrogens is 1060 g/mol. The number of hydrogen-bond acceptors (Lipinski definition) is 17. The van der Waals surface area contributed by atoms with E-state index in [1.54, 1.807) is 36.9 Å². The molecule has 0 aliphatic rings. The minimum atomic E-state index is -1.41. The van der Waals surface area contributed by atoms with Gasteiger partial charge in [0.25, 0.3) is 17.7 Å². The molecular formula is C45H28Cl2F4N16O9. The van der Waals surface area contributed by atoms with Crippen molar-refractivity contribution in [3.63, 3.8) is 0 Å². The Bertz CT molecular complexity index is 3440. The summed E-state index contributed by atoms with van der Waals surface area (Å²) in [5.41, 5.74) is 1.18. The molecule has 9 aromatic rings. The molecule has 3 aromatic carbocycles. The van der Waals surface area contributed by atoms with Crippen LogP contribution in [0.25, 0.3) is 33.9 Å². The number of H-pyrrole nitrogens is 3. The third kappa shape index (κ3) is 13.0. The quantitative estimate of drug-likeness (QED) is 0.0460. The molecule has 0 spiro atoms. The normalized spacial score (nSPS) is 10.5. The molecule has 0 saturated carbocycles. The summed E-state index contributed by atoms with van der Waals surface area (Å²) in [5, 5.41) is 70.1. The van der Waals surface area contributed by atoms with Crippen molar-refractivity contribution < 1.29 is 61.3 Å². The molecule has 0 saturated heterocycles. The van der Waals surface area contributed by atoms with Crippen LogP contribution >= 0.6 is 23.2 Å². The third-order valence-electron chi connectivity index (χ3n) is 9.75. The first-order valence-corrected chi connectivity index (χ1v) is 21.5. The Labute approximate surface area is 430 Å². The summed E-state index contributed by atoms with van der Waals surface area (Å²) in [4.78, 5) is 70.8. The van der Waals surface area contributed by atoms with E-state index in [4.69, 9.17) is 33.4 Å². The highest BCUT2D eigenvalue weighted by molar-refractivity contribution is 6.31. The van der Waals surface area contributed by atoms with Crippen LogP contribution in [0, 0.1) is 23.3 Å². The van der Waals surface area contributed by atoms with Crippen molar-refractivity contribution in [3.05, 3.63) is 171 Å². The van der Waals surface area contributed by atoms with Gasteiger partial charge in [0.05, 0.1) is 80.9 Å². The van der Waals surface area contributed by atoms with E-state index in [1.165, 1.54) is 30.5 Å². The number of nitrogens with zero attached hydrogens (tertiary/aromatic N) is 10. The maximum absolute atomic E-state index is 13.6. The molecule has 9 rings (SSSR count). The van der Waals surface area contributed by atoms with E-state index in [2.05, 4.69) is 87.1 Å². The summed E-state index contributed by atoms with van der Waals surface area (Å²) in [7, 11) is 1.07. The van der Waals surface area contributed by atoms with Crippen LogP contribution in [0.4, 0.5) is 34.6 Å². The number of methoxy groups -OCH3 is 1. The first-order valence-electron chi connectivity index (χ1n) is 20.7. The number of carbonyl (C=O) groups is 6. The fourth-order valence-electron chi connectivity index (χ4n) is 6.05. The maximum Gasteiger partial charge on any atom is 0.340 e. The average Bonchev–Trinajstić information content (AvgIpc) is 4.26. The second-order valence-electron chi connectivity index (χ2n) is 14.6. The average molecular weight is 1080 g/mol. The molecule has 0 unspecified atom stereocenters. The number of benzene rings is 3. The zero-order valence-corrected chi connectivity index (χ0v) is 39.3. The van der Waals surface area contributed by atoms with Gasteiger partial charge in [0.15, 0.2) is 28.7 Å². The molecule has 384 valence electrons. The number of ether oxygens (including phenoxy) is 1. The van der Waals surface area contributed by atoms with E-state index in [1.807, 2.05) is 0 Å². The number of amides is 3. The number of anilines is 3. The van der Waals surface area contributed by atoms with E-state index >= 15 is 0 Å². The van der Waals surface area contributed by atoms with Gasteiger partial charge in [0.1, 0.15) is 23.0 Å². The highest BCUT2D eigenvalue weighted by Gasteiger charge is 2.22. The number of carboxylic acid groups (broad SMARTS) is 2. The zero-order chi connectivity index (χ0) is 54.6. The molecule has 6 aromatic heterocycles. The number of rotatable bonds is 12. The lowest BCUT2D eigenvalue weighted by Crippen LogP contribution is -2.18. The van der Waals surface area contributed by atoms with Crippen LogP contribution in [0.15, 0.2) is 104 Å². The number of nitrogens with one attached hydrogen (secondary N) is 6. The van der Waals surface area contributed by atoms with Crippen LogP contribution < -0.4 is 16.0 Å². The monoisotopic (exact) mass is 1080 g/mol. The van der Waals surface area contributed by atoms with Gasteiger partial charge in [-0.1, -0.05) is 23.2 Å². The lowest BCUT2D eigenvalue weighted by Gasteiger charge is -2.10. The summed E-state index contributed by atoms with van der Waals surface area (Å²) in [6.45, 7) is 0. The van der Waals surface area contributed by atoms with Crippen molar-refractivity contribution in [1.29, 1.82) is 0 Å². The van der Waals surface area contributed by atoms with Gasteiger partial charge in [0.2, 0.25) is 0 Å². The van der Waals surface area contributed by atoms with Crippen LogP contribution in [0.5, 0.6) is 0 Å². The van der Waals surface area contributed by atoms with Crippen molar-refractivity contribution in [2.75, 3.05) is 23.1 Å². The Morgan fingerprint density at radius 2 is 0.921 bits per heavy atom. The number of carboxylic acids is 2. The summed E-state index contributed by atoms with van der Waals surface area (Å²) in [5.74, 6) is -10.2. The maximum atomic E-state index is 13.6. The van der Waals surface area contributed by atoms with Crippen molar-refractivity contribution in [2.45, 2.75) is 0 Å². The minimum absolute atomic E-state index is 0.0518. The number of aromatic amines is 3. The highest BCUT2D eigenvalue weighted by atomic mass is 35.5. The van der Waals surface area contributed by atoms with Gasteiger partial charge in [-0.2, -0.15) is 25.6 Å². The second kappa shape index (κ2) is 23.9. The highest BCUT2D eigenvalue weighted by Crippen LogP contribution is 2.27. The van der Waals surface area contributed by atoms with E-state index in [9.17, 15) is 46.3 Å². The number of hydrogen-bond donors (Lipinski definition) is 8. The second-order valence-corrected chi connectivity index (χ2v) is 15.5. The topological polar surface area (TPSA) is 364 Å². The summed E-state index contributed by atoms with van der Waals surface area (Å²) < 4.78 is 58.3. The Balaban J connectivity index is 0.000000166. The van der Waals surface area contributed by atoms with Crippen LogP contribution in [0.3, 0.4) is 0 Å². The standard InChI is InChI=1S/2C15H9ClFN5O3.C15H10F2N6O3/c16-9-4-13(8(15(24)25)3-10(9)17)20-14(23)12-2-1-11(21-22-12)7-5-18-19-6-7;16-9-3-8(15(24)25)13(4-10(9)17)20-14(23)12-2-1-11(21-22-12)7-5-18-19-6-7;1-26-15(25)7-4-8(16)9(17)5-12(7)19-14(24)11-3-2-10(20-21-11)13-6-18-23-22-13/h2*1-6H,(H,18,19)(H,20,23)(H,24,25);2-6H,1H3,(H,19,24)(H,18,22,23). The molecule has 0 aliphatic heterocycles. The van der Waals surface area contributed by atoms with Gasteiger partial charge < -0.3 is 30.9 Å². The first-order chi connectivity index (χ1) is 36.4. The Morgan fingerprint density at radius 1 is 0.500 bits per heavy atom. The molecule has 31 heteroatoms. The Kier molecular flexibility index (Phi) is 16.8. The zero-order valence-electron chi connectivity index (χ0n) is 37.8. The van der Waals surface area contributed by atoms with Gasteiger partial charge in [-0.15, -0.1) is 30.6 Å². The molecule has 0 radical (unpaired) electrons. The van der Waals surface area contributed by atoms with Gasteiger partial charge in [-0.25, -0.2) is 31.9 Å². The molecule has 0 fully saturated rings. The lowest BCUT2D eigenvalue weighted by atomic mass is 10.1. The largest absolute Gasteiger partial charge is 0.478 e. The molecule has 0 aliphatic carbocycles. The number of halogens is 6. The van der Waals surface area contributed by atoms with E-state index in [0.29, 0.717) is 46.0 Å². The van der Waals surface area contributed by atoms with Crippen molar-refractivity contribution in [2.24, 2.45) is 0 Å². The summed E-state index contributed by atoms with van der Waals surface area (Å²) in [6.07, 6.45) is 7.74. The third-order valence-corrected chi connectivity index (χ3v) is 10.3. The van der Waals surface area contributed by atoms with Gasteiger partial charge >= 0.3 is 17.9 Å². The number of esters is 1. The van der Waals surface area contributed by atoms with Crippen LogP contribution in [0.1, 0.15) is 62.5 Å². The smallest absolute Gasteiger partial charge is 0.340 e. The number of carbonyl (C=O) groups excluding carboxylic acids is 4. The first kappa shape index (κ1) is 53.4. The number of aromatic nitrogens is 13. The predicted molar refractivity (Wildman–Crippen MR) is 255 cm³/mol. The Morgan fingerprint density at radius 3 is 1.36 bits per heavy atom. The van der Waals surface area contributed by atoms with Crippen molar-refractivity contribution >= 4 is 75.9 Å². The van der Waals surface area contributed by atoms with Crippen molar-refractivity contribution in [3.8, 4) is 33.9 Å². The van der Waals surface area contributed by atoms with Gasteiger partial charge in [-0.3, -0.25) is 24.6 Å².